The summed E-state index contributed by atoms with van der Waals surface area (Å²) in [5.74, 6) is 0. The van der Waals surface area contributed by atoms with E-state index in [0.29, 0.717) is 11.2 Å². The summed E-state index contributed by atoms with van der Waals surface area (Å²) in [5.41, 5.74) is 3.34. The van der Waals surface area contributed by atoms with Crippen LogP contribution in [0.3, 0.4) is 0 Å². The van der Waals surface area contributed by atoms with Crippen LogP contribution in [-0.4, -0.2) is 17.8 Å². The highest BCUT2D eigenvalue weighted by atomic mass is 16.1. The molecule has 0 unspecified atom stereocenters. The van der Waals surface area contributed by atoms with Crippen molar-refractivity contribution in [2.75, 3.05) is 0 Å². The van der Waals surface area contributed by atoms with Gasteiger partial charge in [-0.3, -0.25) is 4.79 Å². The normalized spacial score (nSPS) is 10.7. The Bertz CT molecular complexity index is 560. The Morgan fingerprint density at radius 2 is 2.07 bits per heavy atom. The van der Waals surface area contributed by atoms with Gasteiger partial charge in [0.15, 0.2) is 0 Å². The van der Waals surface area contributed by atoms with E-state index in [9.17, 15) is 4.79 Å². The third-order valence-corrected chi connectivity index (χ3v) is 2.34. The molecule has 1 aromatic carbocycles. The Labute approximate surface area is 82.6 Å². The molecule has 0 bridgehead atoms. The molecule has 14 heavy (non-hydrogen) atoms. The topological polar surface area (TPSA) is 45.8 Å². The smallest absolute Gasteiger partial charge is 0.269 e. The first-order chi connectivity index (χ1) is 6.59. The van der Waals surface area contributed by atoms with Crippen LogP contribution in [0.15, 0.2) is 16.9 Å². The van der Waals surface area contributed by atoms with E-state index in [0.717, 1.165) is 16.6 Å². The van der Waals surface area contributed by atoms with Crippen molar-refractivity contribution in [1.29, 1.82) is 0 Å². The van der Waals surface area contributed by atoms with Gasteiger partial charge in [-0.05, 0) is 25.5 Å². The molecule has 1 aromatic heterocycles. The average molecular weight is 184 g/mol. The number of H-pyrrole nitrogens is 1. The third-order valence-electron chi connectivity index (χ3n) is 2.34. The van der Waals surface area contributed by atoms with E-state index >= 15 is 0 Å². The number of nitrogens with zero attached hydrogens (tertiary/aromatic N) is 1. The number of nitrogens with one attached hydrogen (secondary N) is 1. The van der Waals surface area contributed by atoms with E-state index in [2.05, 4.69) is 9.97 Å². The van der Waals surface area contributed by atoms with Gasteiger partial charge >= 0.3 is 0 Å². The summed E-state index contributed by atoms with van der Waals surface area (Å²) in [6, 6.07) is 3.60. The summed E-state index contributed by atoms with van der Waals surface area (Å²) in [5, 5.41) is 0. The molecule has 68 valence electrons. The van der Waals surface area contributed by atoms with Crippen LogP contribution in [0.2, 0.25) is 0 Å². The standard InChI is InChI=1S/C10H9BN2O/c1-5-7(11)3-4-8-9(5)13-10(14)6(2)12-8/h3-4H,1-2H3,(H,13,14). The number of hydrogen-bond acceptors (Lipinski definition) is 2. The van der Waals surface area contributed by atoms with Gasteiger partial charge in [-0.25, -0.2) is 4.98 Å². The van der Waals surface area contributed by atoms with Gasteiger partial charge in [0.05, 0.1) is 11.0 Å². The van der Waals surface area contributed by atoms with Crippen molar-refractivity contribution in [1.82, 2.24) is 9.97 Å². The number of benzene rings is 1. The molecule has 0 atom stereocenters. The molecule has 4 heteroatoms. The first-order valence-corrected chi connectivity index (χ1v) is 4.35. The molecule has 2 aromatic rings. The second-order valence-corrected chi connectivity index (χ2v) is 3.33. The van der Waals surface area contributed by atoms with Gasteiger partial charge in [0, 0.05) is 0 Å². The second-order valence-electron chi connectivity index (χ2n) is 3.33. The van der Waals surface area contributed by atoms with Crippen molar-refractivity contribution in [3.05, 3.63) is 33.7 Å². The summed E-state index contributed by atoms with van der Waals surface area (Å²) >= 11 is 0. The summed E-state index contributed by atoms with van der Waals surface area (Å²) in [6.45, 7) is 3.55. The molecule has 0 saturated heterocycles. The van der Waals surface area contributed by atoms with E-state index in [1.54, 1.807) is 19.1 Å². The van der Waals surface area contributed by atoms with Crippen LogP contribution in [0, 0.1) is 13.8 Å². The van der Waals surface area contributed by atoms with Gasteiger partial charge in [0.1, 0.15) is 13.5 Å². The average Bonchev–Trinajstić information content (AvgIpc) is 2.15. The van der Waals surface area contributed by atoms with Gasteiger partial charge in [-0.15, -0.1) is 0 Å². The lowest BCUT2D eigenvalue weighted by Gasteiger charge is -2.05. The van der Waals surface area contributed by atoms with Crippen LogP contribution in [0.5, 0.6) is 0 Å². The van der Waals surface area contributed by atoms with Crippen LogP contribution in [0.1, 0.15) is 11.3 Å². The highest BCUT2D eigenvalue weighted by Crippen LogP contribution is 2.09. The summed E-state index contributed by atoms with van der Waals surface area (Å²) in [4.78, 5) is 18.3. The first-order valence-electron chi connectivity index (χ1n) is 4.35. The maximum atomic E-state index is 11.3. The molecule has 2 rings (SSSR count). The maximum Gasteiger partial charge on any atom is 0.269 e. The van der Waals surface area contributed by atoms with Crippen LogP contribution in [0.25, 0.3) is 11.0 Å². The zero-order valence-corrected chi connectivity index (χ0v) is 8.09. The van der Waals surface area contributed by atoms with Crippen molar-refractivity contribution in [3.63, 3.8) is 0 Å². The molecule has 0 fully saturated rings. The summed E-state index contributed by atoms with van der Waals surface area (Å²) in [7, 11) is 5.72. The number of aromatic amines is 1. The fourth-order valence-electron chi connectivity index (χ4n) is 1.40. The van der Waals surface area contributed by atoms with Crippen molar-refractivity contribution < 1.29 is 0 Å². The molecule has 0 aliphatic rings. The Morgan fingerprint density at radius 3 is 2.79 bits per heavy atom. The molecule has 0 saturated carbocycles. The van der Waals surface area contributed by atoms with Crippen molar-refractivity contribution in [2.24, 2.45) is 0 Å². The van der Waals surface area contributed by atoms with Crippen molar-refractivity contribution in [2.45, 2.75) is 13.8 Å². The van der Waals surface area contributed by atoms with Crippen molar-refractivity contribution in [3.8, 4) is 0 Å². The highest BCUT2D eigenvalue weighted by Gasteiger charge is 2.03. The molecule has 0 amide bonds. The summed E-state index contributed by atoms with van der Waals surface area (Å²) in [6.07, 6.45) is 0. The third kappa shape index (κ3) is 1.23. The molecule has 0 aliphatic heterocycles. The number of aromatic nitrogens is 2. The fraction of sp³-hybridized carbons (Fsp3) is 0.200. The quantitative estimate of drug-likeness (QED) is 0.599. The SMILES string of the molecule is [B]c1ccc2nc(C)c(=O)[nH]c2c1C. The predicted molar refractivity (Wildman–Crippen MR) is 57.2 cm³/mol. The maximum absolute atomic E-state index is 11.3. The van der Waals surface area contributed by atoms with Crippen LogP contribution >= 0.6 is 0 Å². The fourth-order valence-corrected chi connectivity index (χ4v) is 1.40. The lowest BCUT2D eigenvalue weighted by atomic mass is 9.90. The highest BCUT2D eigenvalue weighted by molar-refractivity contribution is 6.34. The zero-order valence-electron chi connectivity index (χ0n) is 8.09. The van der Waals surface area contributed by atoms with Gasteiger partial charge in [-0.2, -0.15) is 0 Å². The molecule has 0 aliphatic carbocycles. The van der Waals surface area contributed by atoms with Crippen LogP contribution in [-0.2, 0) is 0 Å². The minimum Gasteiger partial charge on any atom is -0.319 e. The largest absolute Gasteiger partial charge is 0.319 e. The first kappa shape index (κ1) is 9.00. The van der Waals surface area contributed by atoms with Crippen LogP contribution in [0.4, 0.5) is 0 Å². The van der Waals surface area contributed by atoms with E-state index in [1.165, 1.54) is 0 Å². The second kappa shape index (κ2) is 2.98. The Hall–Kier alpha value is -1.58. The molecule has 1 heterocycles. The minimum atomic E-state index is -0.161. The zero-order chi connectivity index (χ0) is 10.3. The molecular weight excluding hydrogens is 175 g/mol. The van der Waals surface area contributed by atoms with Gasteiger partial charge in [-0.1, -0.05) is 11.5 Å². The van der Waals surface area contributed by atoms with Gasteiger partial charge in [0.2, 0.25) is 0 Å². The molecular formula is C10H9BN2O. The monoisotopic (exact) mass is 184 g/mol. The predicted octanol–water partition coefficient (Wildman–Crippen LogP) is 0.334. The van der Waals surface area contributed by atoms with Crippen molar-refractivity contribution >= 4 is 24.3 Å². The molecule has 3 nitrogen and oxygen atoms in total. The Morgan fingerprint density at radius 1 is 1.36 bits per heavy atom. The van der Waals surface area contributed by atoms with E-state index in [1.807, 2.05) is 6.92 Å². The van der Waals surface area contributed by atoms with E-state index in [4.69, 9.17) is 7.85 Å². The minimum absolute atomic E-state index is 0.161. The van der Waals surface area contributed by atoms with Gasteiger partial charge < -0.3 is 4.98 Å². The van der Waals surface area contributed by atoms with E-state index in [-0.39, 0.29) is 5.56 Å². The number of hydrogen-bond donors (Lipinski definition) is 1. The Kier molecular flexibility index (Phi) is 1.91. The molecule has 2 radical (unpaired) electrons. The number of aryl methyl sites for hydroxylation is 2. The van der Waals surface area contributed by atoms with Gasteiger partial charge in [0.25, 0.3) is 5.56 Å². The number of fused-ring (bicyclic) bond motifs is 1. The Balaban J connectivity index is 2.97. The van der Waals surface area contributed by atoms with Crippen LogP contribution < -0.4 is 11.0 Å². The van der Waals surface area contributed by atoms with E-state index < -0.39 is 0 Å². The lowest BCUT2D eigenvalue weighted by molar-refractivity contribution is 1.12. The number of rotatable bonds is 0. The lowest BCUT2D eigenvalue weighted by Crippen LogP contribution is -2.15. The molecule has 0 spiro atoms. The molecule has 1 N–H and O–H groups in total. The summed E-state index contributed by atoms with van der Waals surface area (Å²) < 4.78 is 0.